The number of phenolic OH excluding ortho intramolecular Hbond substituents is 2. The number of nitrogens with zero attached hydrogens (tertiary/aromatic N) is 1. The number of carbonyl (C=O) groups is 1. The van der Waals surface area contributed by atoms with Crippen LogP contribution in [0.5, 0.6) is 11.5 Å². The van der Waals surface area contributed by atoms with E-state index in [4.69, 9.17) is 0 Å². The quantitative estimate of drug-likeness (QED) is 0.836. The average molecular weight is 263 g/mol. The Hall–Kier alpha value is -2.01. The molecule has 1 aromatic heterocycles. The van der Waals surface area contributed by atoms with E-state index in [-0.39, 0.29) is 17.4 Å². The van der Waals surface area contributed by atoms with Crippen LogP contribution in [-0.4, -0.2) is 28.1 Å². The van der Waals surface area contributed by atoms with Crippen LogP contribution < -0.4 is 0 Å². The van der Waals surface area contributed by atoms with Crippen molar-refractivity contribution < 1.29 is 15.0 Å². The predicted molar refractivity (Wildman–Crippen MR) is 69.9 cm³/mol. The first-order chi connectivity index (χ1) is 8.58. The Kier molecular flexibility index (Phi) is 3.53. The number of hydrogen-bond acceptors (Lipinski definition) is 4. The van der Waals surface area contributed by atoms with Gasteiger partial charge in [-0.05, 0) is 29.6 Å². The molecule has 94 valence electrons. The lowest BCUT2D eigenvalue weighted by atomic mass is 10.2. The van der Waals surface area contributed by atoms with Crippen molar-refractivity contribution in [1.29, 1.82) is 0 Å². The standard InChI is InChI=1S/C13H13NO3S/c1-14(8-10-3-2-6-18-10)13(17)9-4-5-11(15)12(16)7-9/h2-7,15-16H,8H2,1H3. The van der Waals surface area contributed by atoms with Gasteiger partial charge in [0.2, 0.25) is 0 Å². The second-order valence-corrected chi connectivity index (χ2v) is 4.98. The number of phenols is 2. The van der Waals surface area contributed by atoms with E-state index in [1.165, 1.54) is 18.2 Å². The molecule has 2 rings (SSSR count). The van der Waals surface area contributed by atoms with Gasteiger partial charge in [-0.2, -0.15) is 0 Å². The molecule has 0 radical (unpaired) electrons. The molecule has 5 heteroatoms. The van der Waals surface area contributed by atoms with E-state index >= 15 is 0 Å². The van der Waals surface area contributed by atoms with Crippen molar-refractivity contribution in [2.75, 3.05) is 7.05 Å². The minimum atomic E-state index is -0.287. The highest BCUT2D eigenvalue weighted by molar-refractivity contribution is 7.09. The van der Waals surface area contributed by atoms with E-state index in [9.17, 15) is 15.0 Å². The summed E-state index contributed by atoms with van der Waals surface area (Å²) in [4.78, 5) is 14.7. The topological polar surface area (TPSA) is 60.8 Å². The van der Waals surface area contributed by atoms with Gasteiger partial charge in [-0.1, -0.05) is 6.07 Å². The zero-order valence-corrected chi connectivity index (χ0v) is 10.6. The van der Waals surface area contributed by atoms with Crippen molar-refractivity contribution in [2.45, 2.75) is 6.54 Å². The molecular formula is C13H13NO3S. The third-order valence-electron chi connectivity index (χ3n) is 2.54. The summed E-state index contributed by atoms with van der Waals surface area (Å²) in [6, 6.07) is 7.96. The summed E-state index contributed by atoms with van der Waals surface area (Å²) in [7, 11) is 1.70. The van der Waals surface area contributed by atoms with Crippen molar-refractivity contribution in [3.63, 3.8) is 0 Å². The predicted octanol–water partition coefficient (Wildman–Crippen LogP) is 2.43. The Morgan fingerprint density at radius 2 is 2.06 bits per heavy atom. The lowest BCUT2D eigenvalue weighted by molar-refractivity contribution is 0.0786. The molecule has 1 aromatic carbocycles. The van der Waals surface area contributed by atoms with Crippen molar-refractivity contribution >= 4 is 17.2 Å². The molecule has 0 bridgehead atoms. The van der Waals surface area contributed by atoms with Crippen molar-refractivity contribution in [3.8, 4) is 11.5 Å². The van der Waals surface area contributed by atoms with Gasteiger partial charge < -0.3 is 15.1 Å². The second-order valence-electron chi connectivity index (χ2n) is 3.94. The third kappa shape index (κ3) is 2.62. The van der Waals surface area contributed by atoms with E-state index in [1.807, 2.05) is 17.5 Å². The van der Waals surface area contributed by atoms with Crippen molar-refractivity contribution in [1.82, 2.24) is 4.90 Å². The van der Waals surface area contributed by atoms with Crippen LogP contribution in [0.1, 0.15) is 15.2 Å². The summed E-state index contributed by atoms with van der Waals surface area (Å²) in [5.74, 6) is -0.712. The molecule has 0 saturated carbocycles. The first kappa shape index (κ1) is 12.4. The van der Waals surface area contributed by atoms with E-state index in [0.717, 1.165) is 4.88 Å². The van der Waals surface area contributed by atoms with Crippen LogP contribution in [0.15, 0.2) is 35.7 Å². The molecule has 0 fully saturated rings. The normalized spacial score (nSPS) is 10.3. The van der Waals surface area contributed by atoms with Crippen LogP contribution in [0.25, 0.3) is 0 Å². The lowest BCUT2D eigenvalue weighted by Gasteiger charge is -2.16. The Morgan fingerprint density at radius 3 is 2.67 bits per heavy atom. The van der Waals surface area contributed by atoms with Gasteiger partial charge in [-0.25, -0.2) is 0 Å². The van der Waals surface area contributed by atoms with Gasteiger partial charge in [0.15, 0.2) is 11.5 Å². The monoisotopic (exact) mass is 263 g/mol. The van der Waals surface area contributed by atoms with E-state index in [0.29, 0.717) is 12.1 Å². The van der Waals surface area contributed by atoms with E-state index < -0.39 is 0 Å². The molecule has 1 amide bonds. The average Bonchev–Trinajstić information content (AvgIpc) is 2.84. The van der Waals surface area contributed by atoms with Crippen LogP contribution in [0, 0.1) is 0 Å². The summed E-state index contributed by atoms with van der Waals surface area (Å²) >= 11 is 1.59. The summed E-state index contributed by atoms with van der Waals surface area (Å²) in [6.07, 6.45) is 0. The fraction of sp³-hybridized carbons (Fsp3) is 0.154. The van der Waals surface area contributed by atoms with Crippen molar-refractivity contribution in [2.24, 2.45) is 0 Å². The lowest BCUT2D eigenvalue weighted by Crippen LogP contribution is -2.25. The molecule has 0 saturated heterocycles. The summed E-state index contributed by atoms with van der Waals surface area (Å²) < 4.78 is 0. The minimum absolute atomic E-state index is 0.196. The SMILES string of the molecule is CN(Cc1cccs1)C(=O)c1ccc(O)c(O)c1. The van der Waals surface area contributed by atoms with Crippen LogP contribution in [0.2, 0.25) is 0 Å². The molecule has 2 aromatic rings. The molecular weight excluding hydrogens is 250 g/mol. The highest BCUT2D eigenvalue weighted by atomic mass is 32.1. The maximum absolute atomic E-state index is 12.1. The number of benzene rings is 1. The number of thiophene rings is 1. The number of hydrogen-bond donors (Lipinski definition) is 2. The van der Waals surface area contributed by atoms with E-state index in [2.05, 4.69) is 0 Å². The smallest absolute Gasteiger partial charge is 0.254 e. The number of carbonyl (C=O) groups excluding carboxylic acids is 1. The van der Waals surface area contributed by atoms with Gasteiger partial charge in [-0.3, -0.25) is 4.79 Å². The van der Waals surface area contributed by atoms with Gasteiger partial charge in [0.1, 0.15) is 0 Å². The van der Waals surface area contributed by atoms with Crippen LogP contribution in [0.3, 0.4) is 0 Å². The number of rotatable bonds is 3. The van der Waals surface area contributed by atoms with Gasteiger partial charge in [0, 0.05) is 17.5 Å². The van der Waals surface area contributed by atoms with Gasteiger partial charge in [0.25, 0.3) is 5.91 Å². The molecule has 0 spiro atoms. The molecule has 0 aliphatic rings. The second kappa shape index (κ2) is 5.10. The summed E-state index contributed by atoms with van der Waals surface area (Å²) in [6.45, 7) is 0.526. The zero-order valence-electron chi connectivity index (χ0n) is 9.83. The van der Waals surface area contributed by atoms with Crippen molar-refractivity contribution in [3.05, 3.63) is 46.2 Å². The molecule has 0 atom stereocenters. The number of aromatic hydroxyl groups is 2. The minimum Gasteiger partial charge on any atom is -0.504 e. The zero-order chi connectivity index (χ0) is 13.1. The molecule has 18 heavy (non-hydrogen) atoms. The molecule has 2 N–H and O–H groups in total. The largest absolute Gasteiger partial charge is 0.504 e. The molecule has 0 aliphatic carbocycles. The molecule has 1 heterocycles. The van der Waals surface area contributed by atoms with Crippen LogP contribution in [0.4, 0.5) is 0 Å². The van der Waals surface area contributed by atoms with Gasteiger partial charge >= 0.3 is 0 Å². The first-order valence-electron chi connectivity index (χ1n) is 5.38. The van der Waals surface area contributed by atoms with Gasteiger partial charge in [-0.15, -0.1) is 11.3 Å². The summed E-state index contributed by atoms with van der Waals surface area (Å²) in [5.41, 5.74) is 0.351. The molecule has 0 unspecified atom stereocenters. The number of amides is 1. The first-order valence-corrected chi connectivity index (χ1v) is 6.25. The van der Waals surface area contributed by atoms with Crippen LogP contribution in [-0.2, 0) is 6.54 Å². The highest BCUT2D eigenvalue weighted by Gasteiger charge is 2.14. The maximum Gasteiger partial charge on any atom is 0.254 e. The maximum atomic E-state index is 12.1. The Labute approximate surface area is 109 Å². The molecule has 0 aliphatic heterocycles. The Balaban J connectivity index is 2.12. The fourth-order valence-electron chi connectivity index (χ4n) is 1.58. The third-order valence-corrected chi connectivity index (χ3v) is 3.40. The Bertz CT molecular complexity index is 551. The Morgan fingerprint density at radius 1 is 1.28 bits per heavy atom. The highest BCUT2D eigenvalue weighted by Crippen LogP contribution is 2.25. The fourth-order valence-corrected chi connectivity index (χ4v) is 2.34. The molecule has 4 nitrogen and oxygen atoms in total. The van der Waals surface area contributed by atoms with Crippen LogP contribution >= 0.6 is 11.3 Å². The summed E-state index contributed by atoms with van der Waals surface area (Å²) in [5, 5.41) is 20.5. The van der Waals surface area contributed by atoms with E-state index in [1.54, 1.807) is 23.3 Å². The van der Waals surface area contributed by atoms with Gasteiger partial charge in [0.05, 0.1) is 6.54 Å².